The van der Waals surface area contributed by atoms with E-state index in [1.165, 1.54) is 0 Å². The molecule has 2 rings (SSSR count). The summed E-state index contributed by atoms with van der Waals surface area (Å²) in [6.45, 7) is 0.334. The van der Waals surface area contributed by atoms with Gasteiger partial charge in [0.25, 0.3) is 0 Å². The van der Waals surface area contributed by atoms with E-state index >= 15 is 0 Å². The van der Waals surface area contributed by atoms with Gasteiger partial charge in [0.05, 0.1) is 0 Å². The summed E-state index contributed by atoms with van der Waals surface area (Å²) in [5.74, 6) is -1.96. The average Bonchev–Trinajstić information content (AvgIpc) is 2.45. The highest BCUT2D eigenvalue weighted by molar-refractivity contribution is 7.89. The van der Waals surface area contributed by atoms with Crippen molar-refractivity contribution in [3.63, 3.8) is 0 Å². The number of halogens is 2. The lowest BCUT2D eigenvalue weighted by Crippen LogP contribution is -2.24. The molecule has 4 nitrogen and oxygen atoms in total. The van der Waals surface area contributed by atoms with E-state index in [2.05, 4.69) is 4.72 Å². The molecule has 0 spiro atoms. The Kier molecular flexibility index (Phi) is 4.66. The third-order valence-corrected chi connectivity index (χ3v) is 4.31. The van der Waals surface area contributed by atoms with E-state index in [1.54, 1.807) is 18.2 Å². The second-order valence-corrected chi connectivity index (χ2v) is 6.16. The van der Waals surface area contributed by atoms with Crippen LogP contribution in [-0.4, -0.2) is 8.42 Å². The molecule has 3 N–H and O–H groups in total. The van der Waals surface area contributed by atoms with E-state index in [9.17, 15) is 17.2 Å². The van der Waals surface area contributed by atoms with Crippen molar-refractivity contribution in [2.24, 2.45) is 5.73 Å². The van der Waals surface area contributed by atoms with Crippen LogP contribution in [0.4, 0.5) is 8.78 Å². The standard InChI is InChI=1S/C14H14F2N2O2S/c15-12-4-5-14(13(16)7-12)21(19,20)18-9-11-3-1-2-10(6-11)8-17/h1-7,18H,8-9,17H2. The Labute approximate surface area is 121 Å². The lowest BCUT2D eigenvalue weighted by atomic mass is 10.1. The normalized spacial score (nSPS) is 11.6. The smallest absolute Gasteiger partial charge is 0.243 e. The molecule has 0 saturated heterocycles. The molecule has 0 unspecified atom stereocenters. The van der Waals surface area contributed by atoms with Gasteiger partial charge in [0.15, 0.2) is 0 Å². The molecular formula is C14H14F2N2O2S. The summed E-state index contributed by atoms with van der Waals surface area (Å²) in [6, 6.07) is 9.37. The molecule has 0 fully saturated rings. The summed E-state index contributed by atoms with van der Waals surface area (Å²) in [7, 11) is -4.05. The van der Waals surface area contributed by atoms with Gasteiger partial charge < -0.3 is 5.73 Å². The van der Waals surface area contributed by atoms with Crippen molar-refractivity contribution in [1.82, 2.24) is 4.72 Å². The molecule has 0 aliphatic heterocycles. The van der Waals surface area contributed by atoms with Crippen LogP contribution in [0.1, 0.15) is 11.1 Å². The minimum Gasteiger partial charge on any atom is -0.326 e. The lowest BCUT2D eigenvalue weighted by molar-refractivity contribution is 0.543. The van der Waals surface area contributed by atoms with Crippen LogP contribution in [0.2, 0.25) is 0 Å². The third kappa shape index (κ3) is 3.84. The minimum absolute atomic E-state index is 0.00695. The van der Waals surface area contributed by atoms with Crippen molar-refractivity contribution < 1.29 is 17.2 Å². The highest BCUT2D eigenvalue weighted by Crippen LogP contribution is 2.16. The fourth-order valence-electron chi connectivity index (χ4n) is 1.82. The number of nitrogens with one attached hydrogen (secondary N) is 1. The molecule has 0 aromatic heterocycles. The van der Waals surface area contributed by atoms with Crippen LogP contribution in [0.25, 0.3) is 0 Å². The summed E-state index contributed by atoms with van der Waals surface area (Å²) in [5.41, 5.74) is 7.06. The van der Waals surface area contributed by atoms with Gasteiger partial charge in [-0.05, 0) is 23.3 Å². The van der Waals surface area contributed by atoms with Gasteiger partial charge >= 0.3 is 0 Å². The highest BCUT2D eigenvalue weighted by Gasteiger charge is 2.19. The number of hydrogen-bond acceptors (Lipinski definition) is 3. The largest absolute Gasteiger partial charge is 0.326 e. The van der Waals surface area contributed by atoms with Crippen molar-refractivity contribution in [2.45, 2.75) is 18.0 Å². The van der Waals surface area contributed by atoms with Crippen LogP contribution >= 0.6 is 0 Å². The van der Waals surface area contributed by atoms with Crippen molar-refractivity contribution in [1.29, 1.82) is 0 Å². The second-order valence-electron chi connectivity index (χ2n) is 4.42. The first-order valence-electron chi connectivity index (χ1n) is 6.15. The zero-order valence-electron chi connectivity index (χ0n) is 11.0. The van der Waals surface area contributed by atoms with Gasteiger partial charge in [-0.25, -0.2) is 21.9 Å². The summed E-state index contributed by atoms with van der Waals surface area (Å²) in [5, 5.41) is 0. The van der Waals surface area contributed by atoms with Gasteiger partial charge in [0, 0.05) is 19.2 Å². The van der Waals surface area contributed by atoms with Gasteiger partial charge in [-0.15, -0.1) is 0 Å². The molecule has 0 aliphatic carbocycles. The van der Waals surface area contributed by atoms with Crippen LogP contribution in [0, 0.1) is 11.6 Å². The highest BCUT2D eigenvalue weighted by atomic mass is 32.2. The molecule has 0 bridgehead atoms. The molecule has 7 heteroatoms. The molecule has 0 saturated carbocycles. The molecule has 2 aromatic rings. The quantitative estimate of drug-likeness (QED) is 0.886. The molecule has 0 radical (unpaired) electrons. The van der Waals surface area contributed by atoms with Gasteiger partial charge in [-0.3, -0.25) is 0 Å². The Morgan fingerprint density at radius 1 is 1.05 bits per heavy atom. The number of hydrogen-bond donors (Lipinski definition) is 2. The first kappa shape index (κ1) is 15.6. The SMILES string of the molecule is NCc1cccc(CNS(=O)(=O)c2ccc(F)cc2F)c1. The topological polar surface area (TPSA) is 72.2 Å². The van der Waals surface area contributed by atoms with Crippen LogP contribution in [0.5, 0.6) is 0 Å². The van der Waals surface area contributed by atoms with E-state index in [0.29, 0.717) is 18.2 Å². The molecule has 0 heterocycles. The van der Waals surface area contributed by atoms with Crippen LogP contribution in [0.3, 0.4) is 0 Å². The van der Waals surface area contributed by atoms with Gasteiger partial charge in [-0.1, -0.05) is 24.3 Å². The monoisotopic (exact) mass is 312 g/mol. The van der Waals surface area contributed by atoms with Gasteiger partial charge in [0.2, 0.25) is 10.0 Å². The first-order chi connectivity index (χ1) is 9.92. The molecular weight excluding hydrogens is 298 g/mol. The molecule has 21 heavy (non-hydrogen) atoms. The Morgan fingerprint density at radius 2 is 1.76 bits per heavy atom. The fourth-order valence-corrected chi connectivity index (χ4v) is 2.89. The van der Waals surface area contributed by atoms with Gasteiger partial charge in [0.1, 0.15) is 16.5 Å². The lowest BCUT2D eigenvalue weighted by Gasteiger charge is -2.08. The molecule has 112 valence electrons. The van der Waals surface area contributed by atoms with Crippen molar-refractivity contribution in [3.8, 4) is 0 Å². The Morgan fingerprint density at radius 3 is 2.43 bits per heavy atom. The summed E-state index contributed by atoms with van der Waals surface area (Å²) in [4.78, 5) is -0.584. The van der Waals surface area contributed by atoms with Crippen molar-refractivity contribution >= 4 is 10.0 Å². The van der Waals surface area contributed by atoms with Gasteiger partial charge in [-0.2, -0.15) is 0 Å². The Balaban J connectivity index is 2.17. The average molecular weight is 312 g/mol. The van der Waals surface area contributed by atoms with E-state index in [1.807, 2.05) is 6.07 Å². The fraction of sp³-hybridized carbons (Fsp3) is 0.143. The maximum atomic E-state index is 13.5. The zero-order chi connectivity index (χ0) is 15.5. The third-order valence-electron chi connectivity index (χ3n) is 2.88. The van der Waals surface area contributed by atoms with Crippen molar-refractivity contribution in [3.05, 3.63) is 65.2 Å². The molecule has 0 aliphatic rings. The van der Waals surface area contributed by atoms with E-state index in [0.717, 1.165) is 17.7 Å². The number of rotatable bonds is 5. The predicted molar refractivity (Wildman–Crippen MR) is 74.7 cm³/mol. The van der Waals surface area contributed by atoms with Crippen LogP contribution in [0.15, 0.2) is 47.4 Å². The first-order valence-corrected chi connectivity index (χ1v) is 7.63. The van der Waals surface area contributed by atoms with Crippen LogP contribution in [-0.2, 0) is 23.1 Å². The van der Waals surface area contributed by atoms with E-state index in [4.69, 9.17) is 5.73 Å². The minimum atomic E-state index is -4.05. The molecule has 2 aromatic carbocycles. The van der Waals surface area contributed by atoms with E-state index < -0.39 is 26.6 Å². The maximum absolute atomic E-state index is 13.5. The Bertz CT molecular complexity index is 748. The Hall–Kier alpha value is -1.83. The second kappa shape index (κ2) is 6.30. The van der Waals surface area contributed by atoms with Crippen LogP contribution < -0.4 is 10.5 Å². The zero-order valence-corrected chi connectivity index (χ0v) is 11.8. The predicted octanol–water partition coefficient (Wildman–Crippen LogP) is 1.90. The number of sulfonamides is 1. The number of benzene rings is 2. The summed E-state index contributed by atoms with van der Waals surface area (Å²) in [6.07, 6.45) is 0. The molecule has 0 amide bonds. The van der Waals surface area contributed by atoms with E-state index in [-0.39, 0.29) is 6.54 Å². The summed E-state index contributed by atoms with van der Waals surface area (Å²) < 4.78 is 52.6. The van der Waals surface area contributed by atoms with Crippen molar-refractivity contribution in [2.75, 3.05) is 0 Å². The molecule has 0 atom stereocenters. The number of nitrogens with two attached hydrogens (primary N) is 1. The maximum Gasteiger partial charge on any atom is 0.243 e. The summed E-state index contributed by atoms with van der Waals surface area (Å²) >= 11 is 0.